The Kier molecular flexibility index (Phi) is 5.39. The minimum atomic E-state index is 0.0137. The lowest BCUT2D eigenvalue weighted by atomic mass is 9.92. The maximum atomic E-state index is 12.3. The van der Waals surface area contributed by atoms with E-state index in [4.69, 9.17) is 4.74 Å². The van der Waals surface area contributed by atoms with E-state index in [1.54, 1.807) is 0 Å². The number of nitrogens with zero attached hydrogens (tertiary/aromatic N) is 2. The predicted octanol–water partition coefficient (Wildman–Crippen LogP) is 1.90. The van der Waals surface area contributed by atoms with E-state index in [1.165, 1.54) is 11.3 Å². The van der Waals surface area contributed by atoms with Gasteiger partial charge >= 0.3 is 0 Å². The Morgan fingerprint density at radius 2 is 2.24 bits per heavy atom. The standard InChI is InChI=1S/C16H27N3O2/c1-5-15-14(7-6-10-21-15)16(20)17-9-8-13-11(2)18-19(4)12(13)3/h14-15H,5-10H2,1-4H3,(H,17,20). The molecule has 2 atom stereocenters. The molecule has 0 aromatic carbocycles. The van der Waals surface area contributed by atoms with E-state index in [9.17, 15) is 4.79 Å². The van der Waals surface area contributed by atoms with Crippen LogP contribution in [-0.4, -0.2) is 34.9 Å². The molecule has 1 aliphatic rings. The third-order valence-corrected chi connectivity index (χ3v) is 4.51. The fraction of sp³-hybridized carbons (Fsp3) is 0.750. The van der Waals surface area contributed by atoms with Crippen LogP contribution in [0.3, 0.4) is 0 Å². The molecule has 21 heavy (non-hydrogen) atoms. The van der Waals surface area contributed by atoms with Gasteiger partial charge in [-0.25, -0.2) is 0 Å². The second kappa shape index (κ2) is 7.07. The van der Waals surface area contributed by atoms with Crippen LogP contribution in [0.25, 0.3) is 0 Å². The van der Waals surface area contributed by atoms with Gasteiger partial charge in [0.05, 0.1) is 17.7 Å². The molecule has 5 heteroatoms. The maximum absolute atomic E-state index is 12.3. The fourth-order valence-electron chi connectivity index (χ4n) is 3.16. The number of carbonyl (C=O) groups is 1. The van der Waals surface area contributed by atoms with Gasteiger partial charge in [-0.05, 0) is 45.1 Å². The molecule has 0 saturated carbocycles. The molecular weight excluding hydrogens is 266 g/mol. The van der Waals surface area contributed by atoms with Gasteiger partial charge in [0.2, 0.25) is 5.91 Å². The third-order valence-electron chi connectivity index (χ3n) is 4.51. The molecule has 1 aliphatic heterocycles. The van der Waals surface area contributed by atoms with Crippen molar-refractivity contribution < 1.29 is 9.53 Å². The average molecular weight is 293 g/mol. The first kappa shape index (κ1) is 16.0. The van der Waals surface area contributed by atoms with Gasteiger partial charge in [0, 0.05) is 25.9 Å². The molecule has 2 rings (SSSR count). The summed E-state index contributed by atoms with van der Waals surface area (Å²) in [6.45, 7) is 7.62. The van der Waals surface area contributed by atoms with E-state index in [1.807, 2.05) is 18.7 Å². The molecule has 1 fully saturated rings. The van der Waals surface area contributed by atoms with Crippen molar-refractivity contribution in [1.29, 1.82) is 0 Å². The van der Waals surface area contributed by atoms with Crippen molar-refractivity contribution in [3.63, 3.8) is 0 Å². The molecule has 0 radical (unpaired) electrons. The molecule has 1 N–H and O–H groups in total. The van der Waals surface area contributed by atoms with Crippen molar-refractivity contribution in [2.24, 2.45) is 13.0 Å². The number of ether oxygens (including phenoxy) is 1. The van der Waals surface area contributed by atoms with Crippen molar-refractivity contribution >= 4 is 5.91 Å². The van der Waals surface area contributed by atoms with E-state index in [2.05, 4.69) is 24.3 Å². The van der Waals surface area contributed by atoms with Crippen LogP contribution < -0.4 is 5.32 Å². The van der Waals surface area contributed by atoms with Gasteiger partial charge in [0.1, 0.15) is 0 Å². The summed E-state index contributed by atoms with van der Waals surface area (Å²) >= 11 is 0. The van der Waals surface area contributed by atoms with Crippen molar-refractivity contribution in [2.45, 2.75) is 52.6 Å². The molecule has 5 nitrogen and oxygen atoms in total. The quantitative estimate of drug-likeness (QED) is 0.902. The van der Waals surface area contributed by atoms with Gasteiger partial charge < -0.3 is 10.1 Å². The summed E-state index contributed by atoms with van der Waals surface area (Å²) in [6.07, 6.45) is 3.74. The second-order valence-electron chi connectivity index (χ2n) is 5.88. The van der Waals surface area contributed by atoms with Crippen LogP contribution in [0.4, 0.5) is 0 Å². The Bertz CT molecular complexity index is 496. The highest BCUT2D eigenvalue weighted by Crippen LogP contribution is 2.23. The lowest BCUT2D eigenvalue weighted by Gasteiger charge is -2.30. The number of nitrogens with one attached hydrogen (secondary N) is 1. The Morgan fingerprint density at radius 3 is 2.86 bits per heavy atom. The van der Waals surface area contributed by atoms with Gasteiger partial charge in [-0.15, -0.1) is 0 Å². The molecule has 0 aliphatic carbocycles. The number of rotatable bonds is 5. The van der Waals surface area contributed by atoms with E-state index >= 15 is 0 Å². The number of aryl methyl sites for hydroxylation is 2. The van der Waals surface area contributed by atoms with Crippen LogP contribution >= 0.6 is 0 Å². The average Bonchev–Trinajstić information content (AvgIpc) is 2.73. The fourth-order valence-corrected chi connectivity index (χ4v) is 3.16. The predicted molar refractivity (Wildman–Crippen MR) is 82.2 cm³/mol. The highest BCUT2D eigenvalue weighted by Gasteiger charge is 2.30. The lowest BCUT2D eigenvalue weighted by molar-refractivity contribution is -0.134. The molecule has 118 valence electrons. The van der Waals surface area contributed by atoms with E-state index < -0.39 is 0 Å². The number of amides is 1. The van der Waals surface area contributed by atoms with E-state index in [0.717, 1.165) is 38.0 Å². The first-order valence-corrected chi connectivity index (χ1v) is 7.93. The van der Waals surface area contributed by atoms with Gasteiger partial charge in [0.25, 0.3) is 0 Å². The zero-order chi connectivity index (χ0) is 15.4. The Morgan fingerprint density at radius 1 is 1.48 bits per heavy atom. The van der Waals surface area contributed by atoms with Gasteiger partial charge in [-0.1, -0.05) is 6.92 Å². The normalized spacial score (nSPS) is 22.3. The van der Waals surface area contributed by atoms with Gasteiger partial charge in [-0.3, -0.25) is 9.48 Å². The smallest absolute Gasteiger partial charge is 0.225 e. The molecule has 1 saturated heterocycles. The zero-order valence-electron chi connectivity index (χ0n) is 13.6. The highest BCUT2D eigenvalue weighted by molar-refractivity contribution is 5.79. The van der Waals surface area contributed by atoms with Crippen molar-refractivity contribution in [1.82, 2.24) is 15.1 Å². The summed E-state index contributed by atoms with van der Waals surface area (Å²) in [4.78, 5) is 12.3. The largest absolute Gasteiger partial charge is 0.377 e. The second-order valence-corrected chi connectivity index (χ2v) is 5.88. The van der Waals surface area contributed by atoms with Crippen LogP contribution in [0, 0.1) is 19.8 Å². The van der Waals surface area contributed by atoms with E-state index in [-0.39, 0.29) is 17.9 Å². The SMILES string of the molecule is CCC1OCCCC1C(=O)NCCc1c(C)nn(C)c1C. The molecule has 0 spiro atoms. The Balaban J connectivity index is 1.86. The number of aromatic nitrogens is 2. The van der Waals surface area contributed by atoms with Gasteiger partial charge in [0.15, 0.2) is 0 Å². The van der Waals surface area contributed by atoms with Crippen molar-refractivity contribution in [3.8, 4) is 0 Å². The van der Waals surface area contributed by atoms with Crippen molar-refractivity contribution in [2.75, 3.05) is 13.2 Å². The molecule has 1 aromatic heterocycles. The molecule has 2 heterocycles. The summed E-state index contributed by atoms with van der Waals surface area (Å²) in [6, 6.07) is 0. The topological polar surface area (TPSA) is 56.1 Å². The number of hydrogen-bond acceptors (Lipinski definition) is 3. The first-order valence-electron chi connectivity index (χ1n) is 7.93. The molecular formula is C16H27N3O2. The maximum Gasteiger partial charge on any atom is 0.225 e. The van der Waals surface area contributed by atoms with Crippen LogP contribution in [0.15, 0.2) is 0 Å². The molecule has 1 amide bonds. The highest BCUT2D eigenvalue weighted by atomic mass is 16.5. The Labute approximate surface area is 127 Å². The summed E-state index contributed by atoms with van der Waals surface area (Å²) in [5.41, 5.74) is 3.47. The number of hydrogen-bond donors (Lipinski definition) is 1. The molecule has 1 aromatic rings. The van der Waals surface area contributed by atoms with Crippen LogP contribution in [0.1, 0.15) is 43.1 Å². The summed E-state index contributed by atoms with van der Waals surface area (Å²) in [5, 5.41) is 7.48. The van der Waals surface area contributed by atoms with Crippen LogP contribution in [0.2, 0.25) is 0 Å². The molecule has 0 bridgehead atoms. The summed E-state index contributed by atoms with van der Waals surface area (Å²) in [7, 11) is 1.95. The minimum absolute atomic E-state index is 0.0137. The third kappa shape index (κ3) is 3.64. The Hall–Kier alpha value is -1.36. The monoisotopic (exact) mass is 293 g/mol. The van der Waals surface area contributed by atoms with Crippen molar-refractivity contribution in [3.05, 3.63) is 17.0 Å². The zero-order valence-corrected chi connectivity index (χ0v) is 13.6. The van der Waals surface area contributed by atoms with Gasteiger partial charge in [-0.2, -0.15) is 5.10 Å². The summed E-state index contributed by atoms with van der Waals surface area (Å²) in [5.74, 6) is 0.153. The number of carbonyl (C=O) groups excluding carboxylic acids is 1. The minimum Gasteiger partial charge on any atom is -0.377 e. The van der Waals surface area contributed by atoms with Crippen LogP contribution in [0.5, 0.6) is 0 Å². The molecule has 2 unspecified atom stereocenters. The van der Waals surface area contributed by atoms with E-state index in [0.29, 0.717) is 6.54 Å². The lowest BCUT2D eigenvalue weighted by Crippen LogP contribution is -2.41. The first-order chi connectivity index (χ1) is 10.0. The van der Waals surface area contributed by atoms with Crippen LogP contribution in [-0.2, 0) is 23.0 Å². The summed E-state index contributed by atoms with van der Waals surface area (Å²) < 4.78 is 7.59.